The average molecular weight is 274 g/mol. The Balaban J connectivity index is 1.96. The lowest BCUT2D eigenvalue weighted by Gasteiger charge is -2.07. The van der Waals surface area contributed by atoms with Crippen LogP contribution in [0.2, 0.25) is 0 Å². The third kappa shape index (κ3) is 2.39. The first-order valence-corrected chi connectivity index (χ1v) is 6.80. The number of rotatable bonds is 4. The summed E-state index contributed by atoms with van der Waals surface area (Å²) in [5, 5.41) is 7.33. The van der Waals surface area contributed by atoms with E-state index in [0.29, 0.717) is 12.5 Å². The van der Waals surface area contributed by atoms with Crippen molar-refractivity contribution in [2.75, 3.05) is 17.7 Å². The lowest BCUT2D eigenvalue weighted by molar-refractivity contribution is 0.518. The van der Waals surface area contributed by atoms with Crippen LogP contribution in [0.25, 0.3) is 10.2 Å². The number of furan rings is 1. The van der Waals surface area contributed by atoms with Crippen LogP contribution in [-0.2, 0) is 6.54 Å². The van der Waals surface area contributed by atoms with Crippen LogP contribution in [0.4, 0.5) is 11.8 Å². The Labute approximate surface area is 114 Å². The molecule has 19 heavy (non-hydrogen) atoms. The highest BCUT2D eigenvalue weighted by molar-refractivity contribution is 7.18. The number of aryl methyl sites for hydroxylation is 1. The average Bonchev–Trinajstić information content (AvgIpc) is 3.03. The molecule has 3 aromatic rings. The van der Waals surface area contributed by atoms with Crippen LogP contribution in [0.5, 0.6) is 0 Å². The summed E-state index contributed by atoms with van der Waals surface area (Å²) in [6.45, 7) is 2.68. The van der Waals surface area contributed by atoms with Crippen molar-refractivity contribution in [3.63, 3.8) is 0 Å². The van der Waals surface area contributed by atoms with E-state index in [4.69, 9.17) is 4.42 Å². The van der Waals surface area contributed by atoms with Crippen LogP contribution in [0.15, 0.2) is 28.9 Å². The summed E-state index contributed by atoms with van der Waals surface area (Å²) < 4.78 is 5.31. The molecule has 0 atom stereocenters. The number of hydrogen-bond donors (Lipinski definition) is 2. The van der Waals surface area contributed by atoms with E-state index in [2.05, 4.69) is 33.6 Å². The smallest absolute Gasteiger partial charge is 0.225 e. The molecule has 3 aromatic heterocycles. The molecule has 0 fully saturated rings. The van der Waals surface area contributed by atoms with Gasteiger partial charge in [-0.05, 0) is 25.1 Å². The number of anilines is 2. The standard InChI is InChI=1S/C13H14N4OS/c1-8-6-10-11(15-7-9-4-3-5-18-9)16-13(14-2)17-12(10)19-8/h3-6H,7H2,1-2H3,(H2,14,15,16,17). The predicted molar refractivity (Wildman–Crippen MR) is 77.7 cm³/mol. The van der Waals surface area contributed by atoms with E-state index in [9.17, 15) is 0 Å². The minimum atomic E-state index is 0.608. The second kappa shape index (κ2) is 4.89. The van der Waals surface area contributed by atoms with Gasteiger partial charge in [-0.25, -0.2) is 4.98 Å². The van der Waals surface area contributed by atoms with Crippen LogP contribution in [0.3, 0.4) is 0 Å². The number of thiophene rings is 1. The molecule has 0 amide bonds. The first-order valence-electron chi connectivity index (χ1n) is 5.98. The van der Waals surface area contributed by atoms with Gasteiger partial charge in [0.1, 0.15) is 16.4 Å². The van der Waals surface area contributed by atoms with Gasteiger partial charge in [0.25, 0.3) is 0 Å². The van der Waals surface area contributed by atoms with Crippen molar-refractivity contribution in [3.05, 3.63) is 35.1 Å². The van der Waals surface area contributed by atoms with E-state index >= 15 is 0 Å². The topological polar surface area (TPSA) is 63.0 Å². The second-order valence-electron chi connectivity index (χ2n) is 4.15. The van der Waals surface area contributed by atoms with Crippen LogP contribution in [0.1, 0.15) is 10.6 Å². The quantitative estimate of drug-likeness (QED) is 0.764. The van der Waals surface area contributed by atoms with Crippen molar-refractivity contribution in [1.29, 1.82) is 0 Å². The van der Waals surface area contributed by atoms with Crippen molar-refractivity contribution in [2.24, 2.45) is 0 Å². The Bertz CT molecular complexity index is 690. The summed E-state index contributed by atoms with van der Waals surface area (Å²) in [5.74, 6) is 2.33. The van der Waals surface area contributed by atoms with Crippen molar-refractivity contribution in [3.8, 4) is 0 Å². The van der Waals surface area contributed by atoms with E-state index in [0.717, 1.165) is 21.8 Å². The molecule has 0 bridgehead atoms. The van der Waals surface area contributed by atoms with E-state index in [1.807, 2.05) is 19.2 Å². The van der Waals surface area contributed by atoms with Crippen LogP contribution in [-0.4, -0.2) is 17.0 Å². The Hall–Kier alpha value is -2.08. The van der Waals surface area contributed by atoms with Gasteiger partial charge in [-0.15, -0.1) is 11.3 Å². The summed E-state index contributed by atoms with van der Waals surface area (Å²) >= 11 is 1.66. The van der Waals surface area contributed by atoms with Crippen LogP contribution in [0, 0.1) is 6.92 Å². The molecule has 0 unspecified atom stereocenters. The lowest BCUT2D eigenvalue weighted by Crippen LogP contribution is -2.04. The Morgan fingerprint density at radius 1 is 1.37 bits per heavy atom. The van der Waals surface area contributed by atoms with Gasteiger partial charge in [-0.2, -0.15) is 4.98 Å². The normalized spacial score (nSPS) is 10.8. The first kappa shape index (κ1) is 12.0. The first-order chi connectivity index (χ1) is 9.26. The molecule has 0 aliphatic rings. The number of aromatic nitrogens is 2. The van der Waals surface area contributed by atoms with E-state index < -0.39 is 0 Å². The van der Waals surface area contributed by atoms with E-state index in [-0.39, 0.29) is 0 Å². The van der Waals surface area contributed by atoms with Crippen molar-refractivity contribution in [1.82, 2.24) is 9.97 Å². The molecule has 98 valence electrons. The molecular weight excluding hydrogens is 260 g/mol. The maximum atomic E-state index is 5.31. The molecule has 5 nitrogen and oxygen atoms in total. The summed E-state index contributed by atoms with van der Waals surface area (Å²) in [4.78, 5) is 11.1. The molecular formula is C13H14N4OS. The van der Waals surface area contributed by atoms with Crippen molar-refractivity contribution < 1.29 is 4.42 Å². The fraction of sp³-hybridized carbons (Fsp3) is 0.231. The van der Waals surface area contributed by atoms with E-state index in [1.165, 1.54) is 4.88 Å². The maximum Gasteiger partial charge on any atom is 0.225 e. The molecule has 0 saturated heterocycles. The Kier molecular flexibility index (Phi) is 3.08. The zero-order valence-electron chi connectivity index (χ0n) is 10.7. The molecule has 3 heterocycles. The monoisotopic (exact) mass is 274 g/mol. The predicted octanol–water partition coefficient (Wildman–Crippen LogP) is 3.25. The Morgan fingerprint density at radius 3 is 3.00 bits per heavy atom. The van der Waals surface area contributed by atoms with Gasteiger partial charge in [0.15, 0.2) is 0 Å². The van der Waals surface area contributed by atoms with Gasteiger partial charge >= 0.3 is 0 Å². The molecule has 0 aromatic carbocycles. The number of hydrogen-bond acceptors (Lipinski definition) is 6. The number of nitrogens with one attached hydrogen (secondary N) is 2. The zero-order valence-corrected chi connectivity index (χ0v) is 11.5. The van der Waals surface area contributed by atoms with E-state index in [1.54, 1.807) is 17.6 Å². The summed E-state index contributed by atoms with van der Waals surface area (Å²) in [5.41, 5.74) is 0. The number of fused-ring (bicyclic) bond motifs is 1. The largest absolute Gasteiger partial charge is 0.467 e. The van der Waals surface area contributed by atoms with Gasteiger partial charge in [0.2, 0.25) is 5.95 Å². The highest BCUT2D eigenvalue weighted by Gasteiger charge is 2.10. The molecule has 2 N–H and O–H groups in total. The summed E-state index contributed by atoms with van der Waals surface area (Å²) in [6, 6.07) is 5.91. The van der Waals surface area contributed by atoms with Gasteiger partial charge in [-0.3, -0.25) is 0 Å². The molecule has 3 rings (SSSR count). The molecule has 0 radical (unpaired) electrons. The van der Waals surface area contributed by atoms with Gasteiger partial charge < -0.3 is 15.1 Å². The minimum Gasteiger partial charge on any atom is -0.467 e. The van der Waals surface area contributed by atoms with Crippen molar-refractivity contribution >= 4 is 33.3 Å². The summed E-state index contributed by atoms with van der Waals surface area (Å²) in [7, 11) is 1.82. The lowest BCUT2D eigenvalue weighted by atomic mass is 10.3. The highest BCUT2D eigenvalue weighted by Crippen LogP contribution is 2.29. The molecule has 0 aliphatic heterocycles. The maximum absolute atomic E-state index is 5.31. The SMILES string of the molecule is CNc1nc(NCc2ccco2)c2cc(C)sc2n1. The fourth-order valence-electron chi connectivity index (χ4n) is 1.87. The van der Waals surface area contributed by atoms with Gasteiger partial charge in [0.05, 0.1) is 18.2 Å². The van der Waals surface area contributed by atoms with Crippen LogP contribution < -0.4 is 10.6 Å². The zero-order chi connectivity index (χ0) is 13.2. The van der Waals surface area contributed by atoms with Gasteiger partial charge in [0, 0.05) is 11.9 Å². The fourth-order valence-corrected chi connectivity index (χ4v) is 2.75. The van der Waals surface area contributed by atoms with Crippen LogP contribution >= 0.6 is 11.3 Å². The highest BCUT2D eigenvalue weighted by atomic mass is 32.1. The Morgan fingerprint density at radius 2 is 2.26 bits per heavy atom. The molecule has 6 heteroatoms. The number of nitrogens with zero attached hydrogens (tertiary/aromatic N) is 2. The minimum absolute atomic E-state index is 0.608. The molecule has 0 spiro atoms. The molecule has 0 aliphatic carbocycles. The summed E-state index contributed by atoms with van der Waals surface area (Å²) in [6.07, 6.45) is 1.67. The third-order valence-corrected chi connectivity index (χ3v) is 3.69. The van der Waals surface area contributed by atoms with Crippen molar-refractivity contribution in [2.45, 2.75) is 13.5 Å². The second-order valence-corrected chi connectivity index (χ2v) is 5.39. The van der Waals surface area contributed by atoms with Gasteiger partial charge in [-0.1, -0.05) is 0 Å². The molecule has 0 saturated carbocycles. The third-order valence-electron chi connectivity index (χ3n) is 2.75.